The second-order valence-electron chi connectivity index (χ2n) is 4.57. The zero-order valence-corrected chi connectivity index (χ0v) is 11.3. The third-order valence-corrected chi connectivity index (χ3v) is 3.16. The molecule has 0 saturated heterocycles. The molecule has 0 aliphatic heterocycles. The second-order valence-corrected chi connectivity index (χ2v) is 4.57. The van der Waals surface area contributed by atoms with Crippen molar-refractivity contribution in [2.24, 2.45) is 0 Å². The van der Waals surface area contributed by atoms with E-state index < -0.39 is 0 Å². The van der Waals surface area contributed by atoms with Crippen molar-refractivity contribution in [3.8, 4) is 11.3 Å². The lowest BCUT2D eigenvalue weighted by atomic mass is 10.1. The molecule has 0 radical (unpaired) electrons. The first-order valence-corrected chi connectivity index (χ1v) is 6.61. The molecule has 0 unspecified atom stereocenters. The van der Waals surface area contributed by atoms with Gasteiger partial charge in [0.25, 0.3) is 0 Å². The van der Waals surface area contributed by atoms with Crippen molar-refractivity contribution in [1.82, 2.24) is 15.4 Å². The minimum Gasteiger partial charge on any atom is -0.306 e. The normalized spacial score (nSPS) is 10.9. The van der Waals surface area contributed by atoms with Crippen LogP contribution in [0.5, 0.6) is 0 Å². The van der Waals surface area contributed by atoms with E-state index in [4.69, 9.17) is 5.41 Å². The first kappa shape index (κ1) is 13.0. The number of hydrogen-bond acceptors (Lipinski definition) is 3. The van der Waals surface area contributed by atoms with Crippen LogP contribution in [0.2, 0.25) is 0 Å². The van der Waals surface area contributed by atoms with Crippen LogP contribution in [0.3, 0.4) is 0 Å². The van der Waals surface area contributed by atoms with Gasteiger partial charge in [0.2, 0.25) is 0 Å². The van der Waals surface area contributed by atoms with E-state index in [9.17, 15) is 0 Å². The first-order valence-electron chi connectivity index (χ1n) is 6.61. The molecule has 21 heavy (non-hydrogen) atoms. The predicted octanol–water partition coefficient (Wildman–Crippen LogP) is 3.64. The molecule has 2 aromatic carbocycles. The fourth-order valence-corrected chi connectivity index (χ4v) is 2.06. The van der Waals surface area contributed by atoms with Gasteiger partial charge in [-0.25, -0.2) is 0 Å². The maximum atomic E-state index is 7.30. The molecule has 0 amide bonds. The second kappa shape index (κ2) is 5.96. The van der Waals surface area contributed by atoms with Crippen LogP contribution in [0.25, 0.3) is 23.4 Å². The van der Waals surface area contributed by atoms with E-state index in [1.165, 1.54) is 11.8 Å². The molecule has 0 aliphatic rings. The highest BCUT2D eigenvalue weighted by atomic mass is 15.3. The van der Waals surface area contributed by atoms with Crippen molar-refractivity contribution < 1.29 is 0 Å². The van der Waals surface area contributed by atoms with Gasteiger partial charge in [0.15, 0.2) is 0 Å². The zero-order chi connectivity index (χ0) is 14.5. The summed E-state index contributed by atoms with van der Waals surface area (Å²) in [6, 6.07) is 18.2. The highest BCUT2D eigenvalue weighted by Crippen LogP contribution is 2.19. The molecule has 0 aliphatic carbocycles. The average molecular weight is 274 g/mol. The Kier molecular flexibility index (Phi) is 3.69. The van der Waals surface area contributed by atoms with Crippen LogP contribution in [0.4, 0.5) is 0 Å². The molecule has 0 atom stereocenters. The summed E-state index contributed by atoms with van der Waals surface area (Å²) in [5.41, 5.74) is 4.47. The van der Waals surface area contributed by atoms with Crippen LogP contribution in [0.1, 0.15) is 16.8 Å². The number of nitrogens with zero attached hydrogens (tertiary/aromatic N) is 2. The smallest absolute Gasteiger partial charge is 0.131 e. The fourth-order valence-electron chi connectivity index (χ4n) is 2.06. The van der Waals surface area contributed by atoms with Gasteiger partial charge in [-0.3, -0.25) is 0 Å². The van der Waals surface area contributed by atoms with Crippen molar-refractivity contribution in [3.63, 3.8) is 0 Å². The minimum absolute atomic E-state index is 0.544. The summed E-state index contributed by atoms with van der Waals surface area (Å²) < 4.78 is 0. The standard InChI is InChI=1S/C17H14N4/c18-12-16-17(20-21-19-16)15-10-8-14(9-11-15)7-6-13-4-2-1-3-5-13/h1-12,18H,(H,19,20,21)/b7-6+,18-12?. The molecule has 3 aromatic rings. The van der Waals surface area contributed by atoms with Gasteiger partial charge >= 0.3 is 0 Å². The quantitative estimate of drug-likeness (QED) is 0.563. The summed E-state index contributed by atoms with van der Waals surface area (Å²) in [6.45, 7) is 0. The summed E-state index contributed by atoms with van der Waals surface area (Å²) in [5.74, 6) is 0. The Balaban J connectivity index is 1.81. The maximum absolute atomic E-state index is 7.30. The Hall–Kier alpha value is -3.01. The molecule has 4 nitrogen and oxygen atoms in total. The molecule has 2 N–H and O–H groups in total. The Morgan fingerprint density at radius 2 is 1.48 bits per heavy atom. The highest BCUT2D eigenvalue weighted by molar-refractivity contribution is 5.84. The molecule has 0 bridgehead atoms. The first-order chi connectivity index (χ1) is 10.4. The van der Waals surface area contributed by atoms with Gasteiger partial charge in [0.1, 0.15) is 11.4 Å². The number of nitrogens with one attached hydrogen (secondary N) is 2. The van der Waals surface area contributed by atoms with E-state index in [1.54, 1.807) is 0 Å². The summed E-state index contributed by atoms with van der Waals surface area (Å²) in [6.07, 6.45) is 5.34. The summed E-state index contributed by atoms with van der Waals surface area (Å²) in [7, 11) is 0. The predicted molar refractivity (Wildman–Crippen MR) is 85.1 cm³/mol. The molecule has 3 rings (SSSR count). The van der Waals surface area contributed by atoms with Gasteiger partial charge in [-0.15, -0.1) is 0 Å². The number of aromatic amines is 1. The van der Waals surface area contributed by atoms with E-state index in [0.29, 0.717) is 11.4 Å². The van der Waals surface area contributed by atoms with E-state index in [-0.39, 0.29) is 0 Å². The Morgan fingerprint density at radius 3 is 2.14 bits per heavy atom. The third kappa shape index (κ3) is 2.95. The molecule has 1 heterocycles. The summed E-state index contributed by atoms with van der Waals surface area (Å²) in [5, 5.41) is 17.8. The SMILES string of the molecule is N=Cc1n[nH]nc1-c1ccc(/C=C/c2ccccc2)cc1. The number of benzene rings is 2. The van der Waals surface area contributed by atoms with Crippen LogP contribution < -0.4 is 0 Å². The molecule has 1 aromatic heterocycles. The summed E-state index contributed by atoms with van der Waals surface area (Å²) >= 11 is 0. The zero-order valence-electron chi connectivity index (χ0n) is 11.3. The molecule has 0 fully saturated rings. The number of rotatable bonds is 4. The molecule has 102 valence electrons. The largest absolute Gasteiger partial charge is 0.306 e. The Bertz CT molecular complexity index is 755. The van der Waals surface area contributed by atoms with Crippen LogP contribution in [0.15, 0.2) is 54.6 Å². The molecule has 0 saturated carbocycles. The van der Waals surface area contributed by atoms with E-state index in [0.717, 1.165) is 11.1 Å². The number of aromatic nitrogens is 3. The molecular formula is C17H14N4. The topological polar surface area (TPSA) is 65.4 Å². The van der Waals surface area contributed by atoms with Gasteiger partial charge < -0.3 is 5.41 Å². The van der Waals surface area contributed by atoms with Crippen molar-refractivity contribution in [1.29, 1.82) is 5.41 Å². The van der Waals surface area contributed by atoms with Crippen molar-refractivity contribution in [2.75, 3.05) is 0 Å². The van der Waals surface area contributed by atoms with Crippen LogP contribution in [-0.4, -0.2) is 21.6 Å². The van der Waals surface area contributed by atoms with E-state index >= 15 is 0 Å². The lowest BCUT2D eigenvalue weighted by Crippen LogP contribution is -1.85. The highest BCUT2D eigenvalue weighted by Gasteiger charge is 2.07. The van der Waals surface area contributed by atoms with Gasteiger partial charge in [0, 0.05) is 11.8 Å². The van der Waals surface area contributed by atoms with Crippen LogP contribution in [0, 0.1) is 5.41 Å². The van der Waals surface area contributed by atoms with Crippen molar-refractivity contribution in [3.05, 3.63) is 71.4 Å². The fraction of sp³-hybridized carbons (Fsp3) is 0. The number of H-pyrrole nitrogens is 1. The van der Waals surface area contributed by atoms with E-state index in [2.05, 4.69) is 39.7 Å². The maximum Gasteiger partial charge on any atom is 0.131 e. The van der Waals surface area contributed by atoms with Crippen molar-refractivity contribution in [2.45, 2.75) is 0 Å². The summed E-state index contributed by atoms with van der Waals surface area (Å²) in [4.78, 5) is 0. The molecular weight excluding hydrogens is 260 g/mol. The van der Waals surface area contributed by atoms with E-state index in [1.807, 2.05) is 42.5 Å². The van der Waals surface area contributed by atoms with Crippen LogP contribution in [-0.2, 0) is 0 Å². The van der Waals surface area contributed by atoms with Gasteiger partial charge in [0.05, 0.1) is 0 Å². The minimum atomic E-state index is 0.544. The van der Waals surface area contributed by atoms with Gasteiger partial charge in [-0.05, 0) is 11.1 Å². The molecule has 0 spiro atoms. The molecule has 4 heteroatoms. The average Bonchev–Trinajstić information content (AvgIpc) is 3.03. The lowest BCUT2D eigenvalue weighted by molar-refractivity contribution is 0.939. The van der Waals surface area contributed by atoms with Crippen molar-refractivity contribution >= 4 is 18.4 Å². The Morgan fingerprint density at radius 1 is 0.810 bits per heavy atom. The number of hydrogen-bond donors (Lipinski definition) is 2. The Labute approximate surface area is 122 Å². The monoisotopic (exact) mass is 274 g/mol. The van der Waals surface area contributed by atoms with Crippen LogP contribution >= 0.6 is 0 Å². The third-order valence-electron chi connectivity index (χ3n) is 3.16. The van der Waals surface area contributed by atoms with Gasteiger partial charge in [-0.2, -0.15) is 15.4 Å². The lowest BCUT2D eigenvalue weighted by Gasteiger charge is -1.99. The van der Waals surface area contributed by atoms with Gasteiger partial charge in [-0.1, -0.05) is 66.7 Å².